The molecule has 0 bridgehead atoms. The van der Waals surface area contributed by atoms with E-state index in [0.717, 1.165) is 25.8 Å². The van der Waals surface area contributed by atoms with Crippen molar-refractivity contribution in [3.05, 3.63) is 18.5 Å². The van der Waals surface area contributed by atoms with Crippen LogP contribution in [0.3, 0.4) is 0 Å². The van der Waals surface area contributed by atoms with Crippen molar-refractivity contribution >= 4 is 16.0 Å². The summed E-state index contributed by atoms with van der Waals surface area (Å²) in [6.07, 6.45) is 6.14. The minimum absolute atomic E-state index is 0.371. The average Bonchev–Trinajstić information content (AvgIpc) is 2.38. The smallest absolute Gasteiger partial charge is 0.222 e. The van der Waals surface area contributed by atoms with Gasteiger partial charge in [-0.25, -0.2) is 23.1 Å². The predicted octanol–water partition coefficient (Wildman–Crippen LogP) is 1.39. The molecule has 1 rings (SSSR count). The third-order valence-corrected chi connectivity index (χ3v) is 4.47. The van der Waals surface area contributed by atoms with Crippen LogP contribution in [0.15, 0.2) is 18.5 Å². The van der Waals surface area contributed by atoms with Crippen LogP contribution >= 0.6 is 0 Å². The zero-order chi connectivity index (χ0) is 14.1. The maximum absolute atomic E-state index is 11.5. The molecule has 0 aliphatic heterocycles. The third kappa shape index (κ3) is 6.49. The van der Waals surface area contributed by atoms with Gasteiger partial charge in [-0.15, -0.1) is 0 Å². The summed E-state index contributed by atoms with van der Waals surface area (Å²) in [6.45, 7) is 4.64. The molecule has 0 atom stereocenters. The lowest BCUT2D eigenvalue weighted by Crippen LogP contribution is -2.31. The largest absolute Gasteiger partial charge is 0.354 e. The molecule has 1 aromatic heterocycles. The second-order valence-corrected chi connectivity index (χ2v) is 6.87. The van der Waals surface area contributed by atoms with Gasteiger partial charge in [0.25, 0.3) is 0 Å². The standard InChI is InChI=1S/C12H22N4O2S/c1-11(2)19(17,18)16-10-5-3-4-7-13-12-14-8-6-9-15-12/h6,8-9,11,16H,3-5,7,10H2,1-2H3,(H,13,14,15). The Labute approximate surface area is 115 Å². The molecule has 0 aromatic carbocycles. The molecule has 108 valence electrons. The summed E-state index contributed by atoms with van der Waals surface area (Å²) in [7, 11) is -3.12. The van der Waals surface area contributed by atoms with E-state index in [2.05, 4.69) is 20.0 Å². The zero-order valence-corrected chi connectivity index (χ0v) is 12.3. The summed E-state index contributed by atoms with van der Waals surface area (Å²) in [4.78, 5) is 8.10. The molecule has 1 aromatic rings. The summed E-state index contributed by atoms with van der Waals surface area (Å²) in [5, 5.41) is 2.74. The second-order valence-electron chi connectivity index (χ2n) is 4.55. The minimum Gasteiger partial charge on any atom is -0.354 e. The minimum atomic E-state index is -3.12. The van der Waals surface area contributed by atoms with Gasteiger partial charge in [0.05, 0.1) is 5.25 Å². The van der Waals surface area contributed by atoms with Crippen molar-refractivity contribution in [2.75, 3.05) is 18.4 Å². The Balaban J connectivity index is 2.03. The molecule has 1 heterocycles. The summed E-state index contributed by atoms with van der Waals surface area (Å²) in [5.41, 5.74) is 0. The molecule has 6 nitrogen and oxygen atoms in total. The molecule has 7 heteroatoms. The number of hydrogen-bond donors (Lipinski definition) is 2. The number of sulfonamides is 1. The van der Waals surface area contributed by atoms with Gasteiger partial charge >= 0.3 is 0 Å². The summed E-state index contributed by atoms with van der Waals surface area (Å²) < 4.78 is 25.5. The highest BCUT2D eigenvalue weighted by atomic mass is 32.2. The van der Waals surface area contributed by atoms with E-state index >= 15 is 0 Å². The molecule has 0 saturated carbocycles. The first kappa shape index (κ1) is 15.8. The Morgan fingerprint density at radius 1 is 1.11 bits per heavy atom. The van der Waals surface area contributed by atoms with Crippen molar-refractivity contribution < 1.29 is 8.42 Å². The number of rotatable bonds is 9. The van der Waals surface area contributed by atoms with Crippen LogP contribution in [0.25, 0.3) is 0 Å². The lowest BCUT2D eigenvalue weighted by molar-refractivity contribution is 0.566. The van der Waals surface area contributed by atoms with E-state index in [1.807, 2.05) is 0 Å². The van der Waals surface area contributed by atoms with Gasteiger partial charge in [0.15, 0.2) is 0 Å². The molecular formula is C12H22N4O2S. The molecular weight excluding hydrogens is 264 g/mol. The highest BCUT2D eigenvalue weighted by Crippen LogP contribution is 2.00. The Morgan fingerprint density at radius 3 is 2.37 bits per heavy atom. The number of nitrogens with zero attached hydrogens (tertiary/aromatic N) is 2. The van der Waals surface area contributed by atoms with E-state index in [4.69, 9.17) is 0 Å². The van der Waals surface area contributed by atoms with Gasteiger partial charge in [-0.1, -0.05) is 6.42 Å². The molecule has 0 radical (unpaired) electrons. The van der Waals surface area contributed by atoms with Crippen molar-refractivity contribution in [2.24, 2.45) is 0 Å². The van der Waals surface area contributed by atoms with Crippen LogP contribution in [0.2, 0.25) is 0 Å². The van der Waals surface area contributed by atoms with E-state index in [9.17, 15) is 8.42 Å². The van der Waals surface area contributed by atoms with Crippen LogP contribution in [0, 0.1) is 0 Å². The first-order chi connectivity index (χ1) is 9.02. The Kier molecular flexibility index (Phi) is 6.72. The molecule has 0 unspecified atom stereocenters. The molecule has 0 fully saturated rings. The monoisotopic (exact) mass is 286 g/mol. The van der Waals surface area contributed by atoms with Crippen LogP contribution in [0.4, 0.5) is 5.95 Å². The lowest BCUT2D eigenvalue weighted by Gasteiger charge is -2.09. The van der Waals surface area contributed by atoms with Gasteiger partial charge < -0.3 is 5.32 Å². The van der Waals surface area contributed by atoms with Gasteiger partial charge in [-0.3, -0.25) is 0 Å². The van der Waals surface area contributed by atoms with Crippen molar-refractivity contribution in [1.29, 1.82) is 0 Å². The van der Waals surface area contributed by atoms with Crippen LogP contribution in [-0.2, 0) is 10.0 Å². The molecule has 0 aliphatic carbocycles. The van der Waals surface area contributed by atoms with Gasteiger partial charge in [0.1, 0.15) is 0 Å². The van der Waals surface area contributed by atoms with Crippen molar-refractivity contribution in [3.8, 4) is 0 Å². The Bertz CT molecular complexity index is 448. The molecule has 0 spiro atoms. The maximum atomic E-state index is 11.5. The first-order valence-electron chi connectivity index (χ1n) is 6.52. The Hall–Kier alpha value is -1.21. The number of hydrogen-bond acceptors (Lipinski definition) is 5. The summed E-state index contributed by atoms with van der Waals surface area (Å²) in [6, 6.07) is 1.77. The normalized spacial score (nSPS) is 11.7. The maximum Gasteiger partial charge on any atom is 0.222 e. The van der Waals surface area contributed by atoms with Gasteiger partial charge in [0, 0.05) is 25.5 Å². The van der Waals surface area contributed by atoms with Crippen LogP contribution in [0.1, 0.15) is 33.1 Å². The molecule has 2 N–H and O–H groups in total. The average molecular weight is 286 g/mol. The van der Waals surface area contributed by atoms with Crippen molar-refractivity contribution in [1.82, 2.24) is 14.7 Å². The van der Waals surface area contributed by atoms with Gasteiger partial charge in [0.2, 0.25) is 16.0 Å². The van der Waals surface area contributed by atoms with Gasteiger partial charge in [-0.2, -0.15) is 0 Å². The first-order valence-corrected chi connectivity index (χ1v) is 8.06. The fraction of sp³-hybridized carbons (Fsp3) is 0.667. The SMILES string of the molecule is CC(C)S(=O)(=O)NCCCCCNc1ncccn1. The Morgan fingerprint density at radius 2 is 1.74 bits per heavy atom. The zero-order valence-electron chi connectivity index (χ0n) is 11.5. The number of nitrogens with one attached hydrogen (secondary N) is 2. The van der Waals surface area contributed by atoms with E-state index < -0.39 is 10.0 Å². The molecule has 0 saturated heterocycles. The molecule has 0 amide bonds. The summed E-state index contributed by atoms with van der Waals surface area (Å²) in [5.74, 6) is 0.628. The van der Waals surface area contributed by atoms with E-state index in [0.29, 0.717) is 12.5 Å². The quantitative estimate of drug-likeness (QED) is 0.670. The third-order valence-electron chi connectivity index (χ3n) is 2.63. The van der Waals surface area contributed by atoms with E-state index in [-0.39, 0.29) is 5.25 Å². The predicted molar refractivity (Wildman–Crippen MR) is 76.4 cm³/mol. The number of anilines is 1. The van der Waals surface area contributed by atoms with E-state index in [1.54, 1.807) is 32.3 Å². The van der Waals surface area contributed by atoms with Crippen molar-refractivity contribution in [2.45, 2.75) is 38.4 Å². The van der Waals surface area contributed by atoms with Crippen LogP contribution < -0.4 is 10.0 Å². The molecule has 0 aliphatic rings. The summed E-state index contributed by atoms with van der Waals surface area (Å²) >= 11 is 0. The highest BCUT2D eigenvalue weighted by molar-refractivity contribution is 7.90. The van der Waals surface area contributed by atoms with Crippen LogP contribution in [-0.4, -0.2) is 36.7 Å². The fourth-order valence-corrected chi connectivity index (χ4v) is 2.16. The second kappa shape index (κ2) is 8.06. The number of unbranched alkanes of at least 4 members (excludes halogenated alkanes) is 2. The number of aromatic nitrogens is 2. The van der Waals surface area contributed by atoms with Gasteiger partial charge in [-0.05, 0) is 32.8 Å². The van der Waals surface area contributed by atoms with E-state index in [1.165, 1.54) is 0 Å². The fourth-order valence-electron chi connectivity index (χ4n) is 1.40. The topological polar surface area (TPSA) is 84.0 Å². The lowest BCUT2D eigenvalue weighted by atomic mass is 10.2. The van der Waals surface area contributed by atoms with Crippen molar-refractivity contribution in [3.63, 3.8) is 0 Å². The highest BCUT2D eigenvalue weighted by Gasteiger charge is 2.13. The molecule has 19 heavy (non-hydrogen) atoms. The van der Waals surface area contributed by atoms with Crippen LogP contribution in [0.5, 0.6) is 0 Å².